The van der Waals surface area contributed by atoms with Gasteiger partial charge in [-0.1, -0.05) is 6.07 Å². The molecular weight excluding hydrogens is 292 g/mol. The second-order valence-corrected chi connectivity index (χ2v) is 5.37. The average Bonchev–Trinajstić information content (AvgIpc) is 2.58. The summed E-state index contributed by atoms with van der Waals surface area (Å²) in [5, 5.41) is 5.95. The van der Waals surface area contributed by atoms with Crippen molar-refractivity contribution in [1.29, 1.82) is 0 Å². The monoisotopic (exact) mass is 314 g/mol. The highest BCUT2D eigenvalue weighted by molar-refractivity contribution is 5.91. The third-order valence-electron chi connectivity index (χ3n) is 3.13. The van der Waals surface area contributed by atoms with Gasteiger partial charge in [0.15, 0.2) is 0 Å². The Hall–Kier alpha value is -2.54. The van der Waals surface area contributed by atoms with E-state index in [9.17, 15) is 4.79 Å². The highest BCUT2D eigenvalue weighted by atomic mass is 16.1. The second-order valence-electron chi connectivity index (χ2n) is 5.37. The fraction of sp³-hybridized carbons (Fsp3) is 0.375. The average molecular weight is 314 g/mol. The van der Waals surface area contributed by atoms with E-state index in [0.717, 1.165) is 25.2 Å². The van der Waals surface area contributed by atoms with E-state index < -0.39 is 0 Å². The normalized spacial score (nSPS) is 10.6. The molecule has 122 valence electrons. The number of anilines is 1. The number of pyridine rings is 1. The van der Waals surface area contributed by atoms with Gasteiger partial charge in [-0.2, -0.15) is 0 Å². The summed E-state index contributed by atoms with van der Waals surface area (Å²) in [6.45, 7) is 2.19. The van der Waals surface area contributed by atoms with E-state index in [4.69, 9.17) is 0 Å². The fourth-order valence-electron chi connectivity index (χ4n) is 1.91. The Balaban J connectivity index is 1.78. The SMILES string of the molecule is CN(C)CCCNc1cnc(C(=O)NCc2ccccn2)cn1. The van der Waals surface area contributed by atoms with Gasteiger partial charge >= 0.3 is 0 Å². The highest BCUT2D eigenvalue weighted by Gasteiger charge is 2.08. The van der Waals surface area contributed by atoms with Crippen LogP contribution in [0.4, 0.5) is 5.82 Å². The molecular formula is C16H22N6O. The van der Waals surface area contributed by atoms with Crippen LogP contribution in [0.5, 0.6) is 0 Å². The Bertz CT molecular complexity index is 600. The first kappa shape index (κ1) is 16.8. The standard InChI is InChI=1S/C16H22N6O/c1-22(2)9-5-8-18-15-12-19-14(11-20-15)16(23)21-10-13-6-3-4-7-17-13/h3-4,6-7,11-12H,5,8-10H2,1-2H3,(H,18,20)(H,21,23). The van der Waals surface area contributed by atoms with Crippen molar-refractivity contribution in [1.82, 2.24) is 25.2 Å². The van der Waals surface area contributed by atoms with Gasteiger partial charge in [0.25, 0.3) is 5.91 Å². The van der Waals surface area contributed by atoms with Crippen LogP contribution < -0.4 is 10.6 Å². The summed E-state index contributed by atoms with van der Waals surface area (Å²) in [6.07, 6.45) is 5.76. The molecule has 7 heteroatoms. The Morgan fingerprint density at radius 3 is 2.70 bits per heavy atom. The zero-order valence-corrected chi connectivity index (χ0v) is 13.5. The molecule has 0 spiro atoms. The number of nitrogens with zero attached hydrogens (tertiary/aromatic N) is 4. The minimum atomic E-state index is -0.262. The van der Waals surface area contributed by atoms with E-state index >= 15 is 0 Å². The van der Waals surface area contributed by atoms with E-state index in [1.54, 1.807) is 12.4 Å². The molecule has 0 aliphatic heterocycles. The topological polar surface area (TPSA) is 83.0 Å². The predicted octanol–water partition coefficient (Wildman–Crippen LogP) is 1.17. The first-order chi connectivity index (χ1) is 11.1. The molecule has 0 radical (unpaired) electrons. The summed E-state index contributed by atoms with van der Waals surface area (Å²) < 4.78 is 0. The molecule has 2 N–H and O–H groups in total. The maximum Gasteiger partial charge on any atom is 0.271 e. The van der Waals surface area contributed by atoms with Crippen molar-refractivity contribution in [3.63, 3.8) is 0 Å². The smallest absolute Gasteiger partial charge is 0.271 e. The van der Waals surface area contributed by atoms with Crippen LogP contribution in [0.3, 0.4) is 0 Å². The van der Waals surface area contributed by atoms with Crippen molar-refractivity contribution in [2.45, 2.75) is 13.0 Å². The molecule has 23 heavy (non-hydrogen) atoms. The largest absolute Gasteiger partial charge is 0.369 e. The first-order valence-corrected chi connectivity index (χ1v) is 7.54. The van der Waals surface area contributed by atoms with Gasteiger partial charge in [-0.25, -0.2) is 9.97 Å². The van der Waals surface area contributed by atoms with E-state index in [0.29, 0.717) is 18.1 Å². The summed E-state index contributed by atoms with van der Waals surface area (Å²) in [7, 11) is 4.08. The van der Waals surface area contributed by atoms with E-state index in [1.165, 1.54) is 6.20 Å². The molecule has 0 aliphatic rings. The maximum atomic E-state index is 12.0. The molecule has 2 rings (SSSR count). The van der Waals surface area contributed by atoms with Gasteiger partial charge in [0.2, 0.25) is 0 Å². The lowest BCUT2D eigenvalue weighted by atomic mass is 10.3. The predicted molar refractivity (Wildman–Crippen MR) is 89.1 cm³/mol. The van der Waals surface area contributed by atoms with Crippen molar-refractivity contribution >= 4 is 11.7 Å². The van der Waals surface area contributed by atoms with Gasteiger partial charge in [0, 0.05) is 12.7 Å². The van der Waals surface area contributed by atoms with Crippen LogP contribution in [0.1, 0.15) is 22.6 Å². The molecule has 2 aromatic heterocycles. The molecule has 2 heterocycles. The zero-order chi connectivity index (χ0) is 16.5. The lowest BCUT2D eigenvalue weighted by molar-refractivity contribution is 0.0945. The number of hydrogen-bond donors (Lipinski definition) is 2. The van der Waals surface area contributed by atoms with Crippen LogP contribution in [-0.4, -0.2) is 52.9 Å². The third-order valence-corrected chi connectivity index (χ3v) is 3.13. The van der Waals surface area contributed by atoms with Gasteiger partial charge in [-0.15, -0.1) is 0 Å². The molecule has 0 saturated carbocycles. The molecule has 0 saturated heterocycles. The lowest BCUT2D eigenvalue weighted by Gasteiger charge is -2.10. The van der Waals surface area contributed by atoms with Crippen molar-refractivity contribution < 1.29 is 4.79 Å². The zero-order valence-electron chi connectivity index (χ0n) is 13.5. The van der Waals surface area contributed by atoms with Gasteiger partial charge in [-0.3, -0.25) is 9.78 Å². The Kier molecular flexibility index (Phi) is 6.43. The molecule has 7 nitrogen and oxygen atoms in total. The highest BCUT2D eigenvalue weighted by Crippen LogP contribution is 2.02. The third kappa shape index (κ3) is 5.99. The Morgan fingerprint density at radius 2 is 2.04 bits per heavy atom. The summed E-state index contributed by atoms with van der Waals surface area (Å²) in [5.74, 6) is 0.410. The fourth-order valence-corrected chi connectivity index (χ4v) is 1.91. The number of amides is 1. The quantitative estimate of drug-likeness (QED) is 0.712. The van der Waals surface area contributed by atoms with Gasteiger partial charge in [-0.05, 0) is 39.2 Å². The number of carbonyl (C=O) groups is 1. The summed E-state index contributed by atoms with van der Waals surface area (Å²) >= 11 is 0. The Morgan fingerprint density at radius 1 is 1.17 bits per heavy atom. The van der Waals surface area contributed by atoms with Crippen LogP contribution in [0.15, 0.2) is 36.8 Å². The first-order valence-electron chi connectivity index (χ1n) is 7.54. The van der Waals surface area contributed by atoms with Crippen molar-refractivity contribution in [3.8, 4) is 0 Å². The number of carbonyl (C=O) groups excluding carboxylic acids is 1. The molecule has 0 unspecified atom stereocenters. The lowest BCUT2D eigenvalue weighted by Crippen LogP contribution is -2.24. The minimum Gasteiger partial charge on any atom is -0.369 e. The maximum absolute atomic E-state index is 12.0. The molecule has 0 aliphatic carbocycles. The number of aromatic nitrogens is 3. The van der Waals surface area contributed by atoms with Crippen molar-refractivity contribution in [2.24, 2.45) is 0 Å². The second kappa shape index (κ2) is 8.79. The molecule has 1 amide bonds. The van der Waals surface area contributed by atoms with Gasteiger partial charge in [0.05, 0.1) is 24.6 Å². The van der Waals surface area contributed by atoms with Gasteiger partial charge < -0.3 is 15.5 Å². The number of nitrogens with one attached hydrogen (secondary N) is 2. The summed E-state index contributed by atoms with van der Waals surface area (Å²) in [4.78, 5) is 26.6. The summed E-state index contributed by atoms with van der Waals surface area (Å²) in [5.41, 5.74) is 1.09. The van der Waals surface area contributed by atoms with Crippen LogP contribution >= 0.6 is 0 Å². The molecule has 0 bridgehead atoms. The van der Waals surface area contributed by atoms with Gasteiger partial charge in [0.1, 0.15) is 11.5 Å². The van der Waals surface area contributed by atoms with E-state index in [2.05, 4.69) is 30.5 Å². The molecule has 0 atom stereocenters. The van der Waals surface area contributed by atoms with Crippen LogP contribution in [-0.2, 0) is 6.54 Å². The molecule has 0 aromatic carbocycles. The van der Waals surface area contributed by atoms with E-state index in [-0.39, 0.29) is 5.91 Å². The van der Waals surface area contributed by atoms with Crippen molar-refractivity contribution in [2.75, 3.05) is 32.5 Å². The number of rotatable bonds is 8. The number of hydrogen-bond acceptors (Lipinski definition) is 6. The van der Waals surface area contributed by atoms with Crippen LogP contribution in [0, 0.1) is 0 Å². The van der Waals surface area contributed by atoms with Crippen LogP contribution in [0.25, 0.3) is 0 Å². The Labute approximate surface area is 136 Å². The van der Waals surface area contributed by atoms with Crippen LogP contribution in [0.2, 0.25) is 0 Å². The summed E-state index contributed by atoms with van der Waals surface area (Å²) in [6, 6.07) is 5.57. The molecule has 0 fully saturated rings. The minimum absolute atomic E-state index is 0.262. The van der Waals surface area contributed by atoms with Crippen molar-refractivity contribution in [3.05, 3.63) is 48.2 Å². The van der Waals surface area contributed by atoms with E-state index in [1.807, 2.05) is 32.3 Å². The molecule has 2 aromatic rings.